The third-order valence-corrected chi connectivity index (χ3v) is 4.26. The maximum Gasteiger partial charge on any atom is 0.313 e. The average molecular weight is 336 g/mol. The van der Waals surface area contributed by atoms with Crippen LogP contribution in [0.25, 0.3) is 11.0 Å². The number of rotatable bonds is 5. The van der Waals surface area contributed by atoms with Crippen molar-refractivity contribution in [3.05, 3.63) is 30.0 Å². The van der Waals surface area contributed by atoms with Gasteiger partial charge in [0, 0.05) is 39.9 Å². The van der Waals surface area contributed by atoms with Crippen LogP contribution in [0.2, 0.25) is 0 Å². The molecule has 0 fully saturated rings. The van der Waals surface area contributed by atoms with Crippen LogP contribution in [0, 0.1) is 6.92 Å². The zero-order chi connectivity index (χ0) is 17.0. The molecule has 2 atom stereocenters. The van der Waals surface area contributed by atoms with E-state index in [1.54, 1.807) is 37.6 Å². The van der Waals surface area contributed by atoms with Crippen molar-refractivity contribution in [3.63, 3.8) is 0 Å². The molecule has 6 nitrogen and oxygen atoms in total. The molecule has 2 amide bonds. The van der Waals surface area contributed by atoms with Crippen molar-refractivity contribution in [1.29, 1.82) is 0 Å². The molecule has 1 aromatic carbocycles. The number of benzene rings is 1. The highest BCUT2D eigenvalue weighted by molar-refractivity contribution is 7.84. The molecule has 23 heavy (non-hydrogen) atoms. The van der Waals surface area contributed by atoms with Gasteiger partial charge in [0.15, 0.2) is 0 Å². The van der Waals surface area contributed by atoms with Crippen molar-refractivity contribution in [2.24, 2.45) is 0 Å². The Labute approximate surface area is 137 Å². The summed E-state index contributed by atoms with van der Waals surface area (Å²) in [6.45, 7) is 3.68. The molecule has 0 spiro atoms. The molecule has 2 aromatic rings. The summed E-state index contributed by atoms with van der Waals surface area (Å²) in [6, 6.07) is 4.98. The molecule has 1 heterocycles. The summed E-state index contributed by atoms with van der Waals surface area (Å²) >= 11 is 0. The van der Waals surface area contributed by atoms with Gasteiger partial charge >= 0.3 is 11.8 Å². The zero-order valence-electron chi connectivity index (χ0n) is 13.3. The predicted molar refractivity (Wildman–Crippen MR) is 90.7 cm³/mol. The first-order chi connectivity index (χ1) is 10.9. The van der Waals surface area contributed by atoms with E-state index in [9.17, 15) is 13.8 Å². The molecule has 0 saturated carbocycles. The van der Waals surface area contributed by atoms with Crippen molar-refractivity contribution in [2.45, 2.75) is 26.3 Å². The van der Waals surface area contributed by atoms with E-state index in [1.165, 1.54) is 0 Å². The number of aryl methyl sites for hydroxylation is 1. The van der Waals surface area contributed by atoms with E-state index in [-0.39, 0.29) is 6.04 Å². The first kappa shape index (κ1) is 17.2. The Bertz CT molecular complexity index is 754. The van der Waals surface area contributed by atoms with Crippen LogP contribution in [0.5, 0.6) is 0 Å². The third kappa shape index (κ3) is 4.66. The highest BCUT2D eigenvalue weighted by Crippen LogP contribution is 2.23. The molecule has 2 rings (SSSR count). The Kier molecular flexibility index (Phi) is 5.54. The van der Waals surface area contributed by atoms with Gasteiger partial charge in [-0.1, -0.05) is 0 Å². The van der Waals surface area contributed by atoms with Crippen molar-refractivity contribution in [1.82, 2.24) is 5.32 Å². The first-order valence-corrected chi connectivity index (χ1v) is 8.99. The van der Waals surface area contributed by atoms with E-state index < -0.39 is 22.6 Å². The van der Waals surface area contributed by atoms with Crippen LogP contribution in [0.3, 0.4) is 0 Å². The van der Waals surface area contributed by atoms with Gasteiger partial charge in [0.05, 0.1) is 6.26 Å². The second kappa shape index (κ2) is 7.41. The third-order valence-electron chi connectivity index (χ3n) is 3.45. The summed E-state index contributed by atoms with van der Waals surface area (Å²) in [5, 5.41) is 6.05. The van der Waals surface area contributed by atoms with Crippen LogP contribution >= 0.6 is 0 Å². The number of fused-ring (bicyclic) bond motifs is 1. The van der Waals surface area contributed by atoms with E-state index in [0.29, 0.717) is 17.9 Å². The largest absolute Gasteiger partial charge is 0.464 e. The standard InChI is InChI=1S/C16H20N2O4S/c1-10-9-22-14-5-4-12(8-13(10)14)18-16(20)15(19)17-11(2)6-7-23(3)21/h4-5,8-9,11H,6-7H2,1-3H3,(H,17,19)(H,18,20). The zero-order valence-corrected chi connectivity index (χ0v) is 14.2. The molecule has 0 radical (unpaired) electrons. The fourth-order valence-electron chi connectivity index (χ4n) is 2.13. The Morgan fingerprint density at radius 1 is 1.30 bits per heavy atom. The summed E-state index contributed by atoms with van der Waals surface area (Å²) in [4.78, 5) is 23.8. The molecular formula is C16H20N2O4S. The minimum atomic E-state index is -0.916. The highest BCUT2D eigenvalue weighted by atomic mass is 32.2. The van der Waals surface area contributed by atoms with Gasteiger partial charge in [0.2, 0.25) is 0 Å². The van der Waals surface area contributed by atoms with Crippen LogP contribution in [-0.2, 0) is 20.4 Å². The lowest BCUT2D eigenvalue weighted by Gasteiger charge is -2.13. The Morgan fingerprint density at radius 2 is 2.04 bits per heavy atom. The number of anilines is 1. The van der Waals surface area contributed by atoms with Crippen molar-refractivity contribution in [2.75, 3.05) is 17.3 Å². The number of hydrogen-bond donors (Lipinski definition) is 2. The Morgan fingerprint density at radius 3 is 2.74 bits per heavy atom. The van der Waals surface area contributed by atoms with Crippen molar-refractivity contribution < 1.29 is 18.2 Å². The maximum atomic E-state index is 11.9. The van der Waals surface area contributed by atoms with E-state index >= 15 is 0 Å². The van der Waals surface area contributed by atoms with Gasteiger partial charge in [-0.05, 0) is 44.0 Å². The van der Waals surface area contributed by atoms with E-state index in [0.717, 1.165) is 16.5 Å². The molecule has 2 N–H and O–H groups in total. The number of carbonyl (C=O) groups is 2. The van der Waals surface area contributed by atoms with Gasteiger partial charge in [0.1, 0.15) is 5.58 Å². The van der Waals surface area contributed by atoms with Gasteiger partial charge < -0.3 is 15.1 Å². The molecule has 1 aromatic heterocycles. The fraction of sp³-hybridized carbons (Fsp3) is 0.375. The number of hydrogen-bond acceptors (Lipinski definition) is 4. The molecule has 0 saturated heterocycles. The lowest BCUT2D eigenvalue weighted by atomic mass is 10.2. The Balaban J connectivity index is 1.95. The number of nitrogens with one attached hydrogen (secondary N) is 2. The predicted octanol–water partition coefficient (Wildman–Crippen LogP) is 1.95. The van der Waals surface area contributed by atoms with Crippen LogP contribution in [0.1, 0.15) is 18.9 Å². The molecule has 7 heteroatoms. The van der Waals surface area contributed by atoms with E-state index in [1.807, 2.05) is 6.92 Å². The van der Waals surface area contributed by atoms with Gasteiger partial charge in [-0.15, -0.1) is 0 Å². The minimum Gasteiger partial charge on any atom is -0.464 e. The number of carbonyl (C=O) groups excluding carboxylic acids is 2. The number of furan rings is 1. The maximum absolute atomic E-state index is 11.9. The van der Waals surface area contributed by atoms with Gasteiger partial charge in [-0.25, -0.2) is 0 Å². The molecule has 2 unspecified atom stereocenters. The normalized spacial score (nSPS) is 13.5. The van der Waals surface area contributed by atoms with Crippen molar-refractivity contribution in [3.8, 4) is 0 Å². The highest BCUT2D eigenvalue weighted by Gasteiger charge is 2.17. The topological polar surface area (TPSA) is 88.4 Å². The average Bonchev–Trinajstić information content (AvgIpc) is 2.86. The summed E-state index contributed by atoms with van der Waals surface area (Å²) < 4.78 is 16.4. The van der Waals surface area contributed by atoms with Crippen molar-refractivity contribution >= 4 is 39.3 Å². The smallest absolute Gasteiger partial charge is 0.313 e. The first-order valence-electron chi connectivity index (χ1n) is 7.26. The molecular weight excluding hydrogens is 316 g/mol. The Hall–Kier alpha value is -2.15. The fourth-order valence-corrected chi connectivity index (χ4v) is 2.81. The van der Waals surface area contributed by atoms with Gasteiger partial charge in [-0.3, -0.25) is 13.8 Å². The van der Waals surface area contributed by atoms with Crippen LogP contribution in [0.15, 0.2) is 28.9 Å². The lowest BCUT2D eigenvalue weighted by molar-refractivity contribution is -0.136. The summed E-state index contributed by atoms with van der Waals surface area (Å²) in [5.74, 6) is -0.946. The molecule has 0 aliphatic heterocycles. The number of amides is 2. The van der Waals surface area contributed by atoms with Crippen LogP contribution in [-0.4, -0.2) is 34.1 Å². The van der Waals surface area contributed by atoms with Crippen LogP contribution in [0.4, 0.5) is 5.69 Å². The molecule has 124 valence electrons. The molecule has 0 aliphatic rings. The monoisotopic (exact) mass is 336 g/mol. The minimum absolute atomic E-state index is 0.212. The quantitative estimate of drug-likeness (QED) is 0.817. The van der Waals surface area contributed by atoms with E-state index in [2.05, 4.69) is 10.6 Å². The summed E-state index contributed by atoms with van der Waals surface area (Å²) in [5.41, 5.74) is 2.22. The summed E-state index contributed by atoms with van der Waals surface area (Å²) in [6.07, 6.45) is 3.81. The summed E-state index contributed by atoms with van der Waals surface area (Å²) in [7, 11) is -0.916. The molecule has 0 bridgehead atoms. The van der Waals surface area contributed by atoms with Gasteiger partial charge in [-0.2, -0.15) is 0 Å². The second-order valence-electron chi connectivity index (χ2n) is 5.52. The van der Waals surface area contributed by atoms with E-state index in [4.69, 9.17) is 4.42 Å². The lowest BCUT2D eigenvalue weighted by Crippen LogP contribution is -2.41. The second-order valence-corrected chi connectivity index (χ2v) is 7.08. The SMILES string of the molecule is Cc1coc2ccc(NC(=O)C(=O)NC(C)CCS(C)=O)cc12. The van der Waals surface area contributed by atoms with Gasteiger partial charge in [0.25, 0.3) is 0 Å². The molecule has 0 aliphatic carbocycles. The van der Waals surface area contributed by atoms with Crippen LogP contribution < -0.4 is 10.6 Å².